The highest BCUT2D eigenvalue weighted by Crippen LogP contribution is 2.69. The summed E-state index contributed by atoms with van der Waals surface area (Å²) in [5.41, 5.74) is 5.88. The van der Waals surface area contributed by atoms with Gasteiger partial charge in [0.15, 0.2) is 0 Å². The van der Waals surface area contributed by atoms with Crippen molar-refractivity contribution in [3.05, 3.63) is 0 Å². The minimum Gasteiger partial charge on any atom is -0.368 e. The molecule has 0 bridgehead atoms. The van der Waals surface area contributed by atoms with Crippen LogP contribution in [0.2, 0.25) is 0 Å². The number of unbranched alkanes of at least 4 members (excludes halogenated alkanes) is 1. The average Bonchev–Trinajstić information content (AvgIpc) is 2.72. The number of nitrogens with one attached hydrogen (secondary N) is 2. The van der Waals surface area contributed by atoms with Gasteiger partial charge in [0.2, 0.25) is 11.8 Å². The lowest BCUT2D eigenvalue weighted by atomic mass is 10.1. The number of carbonyl (C=O) groups is 2. The van der Waals surface area contributed by atoms with Gasteiger partial charge in [-0.15, -0.1) is 48.0 Å². The summed E-state index contributed by atoms with van der Waals surface area (Å²) in [5.74, 6) is -0.187. The Labute approximate surface area is 233 Å². The molecule has 19 heteroatoms. The van der Waals surface area contributed by atoms with Crippen LogP contribution >= 0.6 is 63.2 Å². The topological polar surface area (TPSA) is 223 Å². The van der Waals surface area contributed by atoms with Gasteiger partial charge in [-0.05, 0) is 32.7 Å². The van der Waals surface area contributed by atoms with Crippen molar-refractivity contribution < 1.29 is 43.4 Å². The minimum atomic E-state index is -5.55. The van der Waals surface area contributed by atoms with E-state index in [0.29, 0.717) is 37.7 Å². The van der Waals surface area contributed by atoms with Crippen molar-refractivity contribution in [3.63, 3.8) is 0 Å². The zero-order valence-corrected chi connectivity index (χ0v) is 24.7. The maximum atomic E-state index is 12.2. The standard InChI is InChI=1S/C17H36Cl2N4O9P2.2ClH/c1-13(15(24)21-9-4-6-17(26,33(27,28)29)34(30,31)32)22-16(25)14(20)5-2-3-10-23(11-7-18)12-8-19;;/h13-14,26H,2-12,20H2,1H3,(H,21,24)(H,22,25)(H2,27,28,29)(H2,30,31,32);2*1H/t13-,14?;;/m0../s1. The van der Waals surface area contributed by atoms with Gasteiger partial charge in [0.05, 0.1) is 6.04 Å². The number of nitrogens with zero attached hydrogens (tertiary/aromatic N) is 1. The largest absolute Gasteiger partial charge is 0.369 e. The van der Waals surface area contributed by atoms with E-state index in [9.17, 15) is 23.8 Å². The Kier molecular flexibility index (Phi) is 21.9. The van der Waals surface area contributed by atoms with E-state index < -0.39 is 50.6 Å². The molecule has 0 aromatic heterocycles. The van der Waals surface area contributed by atoms with Crippen LogP contribution in [0, 0.1) is 0 Å². The molecule has 9 N–H and O–H groups in total. The van der Waals surface area contributed by atoms with Crippen molar-refractivity contribution >= 4 is 75.0 Å². The van der Waals surface area contributed by atoms with Gasteiger partial charge in [-0.25, -0.2) is 0 Å². The van der Waals surface area contributed by atoms with E-state index in [1.807, 2.05) is 0 Å². The first-order valence-corrected chi connectivity index (χ1v) is 14.9. The molecule has 0 aliphatic carbocycles. The maximum absolute atomic E-state index is 12.2. The predicted octanol–water partition coefficient (Wildman–Crippen LogP) is 0.510. The summed E-state index contributed by atoms with van der Waals surface area (Å²) in [4.78, 5) is 62.8. The Hall–Kier alpha value is 0.280. The second-order valence-electron chi connectivity index (χ2n) is 7.81. The van der Waals surface area contributed by atoms with Crippen molar-refractivity contribution in [2.75, 3.05) is 37.9 Å². The fourth-order valence-electron chi connectivity index (χ4n) is 2.94. The first kappa shape index (κ1) is 40.8. The highest BCUT2D eigenvalue weighted by atomic mass is 35.5. The number of halogens is 4. The van der Waals surface area contributed by atoms with E-state index in [2.05, 4.69) is 15.5 Å². The summed E-state index contributed by atoms with van der Waals surface area (Å²) in [6.45, 7) is 3.34. The molecule has 13 nitrogen and oxygen atoms in total. The normalized spacial score (nSPS) is 13.8. The zero-order chi connectivity index (χ0) is 26.6. The Bertz CT molecular complexity index is 717. The summed E-state index contributed by atoms with van der Waals surface area (Å²) >= 11 is 11.5. The van der Waals surface area contributed by atoms with Gasteiger partial charge < -0.3 is 45.9 Å². The van der Waals surface area contributed by atoms with Gasteiger partial charge in [-0.3, -0.25) is 18.7 Å². The summed E-state index contributed by atoms with van der Waals surface area (Å²) in [5, 5.41) is 11.1. The Morgan fingerprint density at radius 1 is 0.944 bits per heavy atom. The van der Waals surface area contributed by atoms with E-state index in [4.69, 9.17) is 48.5 Å². The molecular formula is C17H38Cl4N4O9P2. The molecule has 0 aromatic carbocycles. The molecule has 36 heavy (non-hydrogen) atoms. The van der Waals surface area contributed by atoms with Crippen molar-refractivity contribution in [3.8, 4) is 0 Å². The van der Waals surface area contributed by atoms with Crippen molar-refractivity contribution in [2.45, 2.75) is 56.2 Å². The predicted molar refractivity (Wildman–Crippen MR) is 143 cm³/mol. The fraction of sp³-hybridized carbons (Fsp3) is 0.882. The first-order chi connectivity index (χ1) is 15.6. The lowest BCUT2D eigenvalue weighted by Crippen LogP contribution is -2.50. The number of hydrogen-bond acceptors (Lipinski definition) is 7. The number of nitrogens with two attached hydrogens (primary N) is 1. The third-order valence-corrected chi connectivity index (χ3v) is 9.27. The molecule has 2 amide bonds. The molecule has 0 aliphatic rings. The van der Waals surface area contributed by atoms with Crippen LogP contribution in [0.5, 0.6) is 0 Å². The maximum Gasteiger partial charge on any atom is 0.369 e. The highest BCUT2D eigenvalue weighted by Gasteiger charge is 2.58. The number of alkyl halides is 2. The van der Waals surface area contributed by atoms with E-state index in [1.165, 1.54) is 6.92 Å². The molecule has 2 atom stereocenters. The molecule has 0 spiro atoms. The molecule has 1 unspecified atom stereocenters. The highest BCUT2D eigenvalue weighted by molar-refractivity contribution is 7.72. The monoisotopic (exact) mass is 644 g/mol. The van der Waals surface area contributed by atoms with Crippen molar-refractivity contribution in [2.24, 2.45) is 5.73 Å². The van der Waals surface area contributed by atoms with Gasteiger partial charge in [0.1, 0.15) is 6.04 Å². The smallest absolute Gasteiger partial charge is 0.368 e. The van der Waals surface area contributed by atoms with E-state index in [0.717, 1.165) is 13.0 Å². The molecule has 0 heterocycles. The second-order valence-corrected chi connectivity index (χ2v) is 12.6. The van der Waals surface area contributed by atoms with Crippen LogP contribution in [-0.4, -0.2) is 96.5 Å². The fourth-order valence-corrected chi connectivity index (χ4v) is 5.68. The lowest BCUT2D eigenvalue weighted by Gasteiger charge is -2.29. The first-order valence-electron chi connectivity index (χ1n) is 10.6. The molecule has 0 fully saturated rings. The van der Waals surface area contributed by atoms with Crippen LogP contribution in [0.3, 0.4) is 0 Å². The SMILES string of the molecule is C[C@H](NC(=O)C(N)CCCCN(CCCl)CCCl)C(=O)NCCCC(O)(P(=O)(O)O)P(=O)(O)O.Cl.Cl. The summed E-state index contributed by atoms with van der Waals surface area (Å²) in [6.07, 6.45) is 0.571. The Morgan fingerprint density at radius 3 is 1.89 bits per heavy atom. The number of aliphatic hydroxyl groups is 1. The zero-order valence-electron chi connectivity index (χ0n) is 19.8. The van der Waals surface area contributed by atoms with Crippen LogP contribution in [0.4, 0.5) is 0 Å². The van der Waals surface area contributed by atoms with Gasteiger partial charge >= 0.3 is 15.2 Å². The molecular weight excluding hydrogens is 608 g/mol. The van der Waals surface area contributed by atoms with Gasteiger partial charge in [-0.2, -0.15) is 0 Å². The Morgan fingerprint density at radius 2 is 1.44 bits per heavy atom. The van der Waals surface area contributed by atoms with Crippen LogP contribution in [0.1, 0.15) is 39.0 Å². The molecule has 0 aliphatic heterocycles. The van der Waals surface area contributed by atoms with Crippen LogP contribution < -0.4 is 16.4 Å². The van der Waals surface area contributed by atoms with Crippen molar-refractivity contribution in [1.82, 2.24) is 15.5 Å². The van der Waals surface area contributed by atoms with E-state index in [1.54, 1.807) is 0 Å². The lowest BCUT2D eigenvalue weighted by molar-refractivity contribution is -0.129. The summed E-state index contributed by atoms with van der Waals surface area (Å²) in [7, 11) is -11.1. The number of amides is 2. The quantitative estimate of drug-likeness (QED) is 0.0582. The van der Waals surface area contributed by atoms with Crippen molar-refractivity contribution in [1.29, 1.82) is 0 Å². The summed E-state index contributed by atoms with van der Waals surface area (Å²) in [6, 6.07) is -1.81. The third kappa shape index (κ3) is 14.4. The average molecular weight is 646 g/mol. The molecule has 0 rings (SSSR count). The van der Waals surface area contributed by atoms with Gasteiger partial charge in [0, 0.05) is 37.8 Å². The molecule has 0 saturated heterocycles. The molecule has 0 radical (unpaired) electrons. The number of carbonyl (C=O) groups excluding carboxylic acids is 2. The van der Waals surface area contributed by atoms with Crippen LogP contribution in [0.25, 0.3) is 0 Å². The van der Waals surface area contributed by atoms with E-state index in [-0.39, 0.29) is 37.8 Å². The molecule has 0 aromatic rings. The summed E-state index contributed by atoms with van der Waals surface area (Å²) < 4.78 is 22.6. The minimum absolute atomic E-state index is 0. The molecule has 218 valence electrons. The van der Waals surface area contributed by atoms with E-state index >= 15 is 0 Å². The van der Waals surface area contributed by atoms with Crippen LogP contribution in [-0.2, 0) is 18.7 Å². The van der Waals surface area contributed by atoms with Gasteiger partial charge in [0.25, 0.3) is 5.08 Å². The second kappa shape index (κ2) is 19.4. The molecule has 0 saturated carbocycles. The van der Waals surface area contributed by atoms with Gasteiger partial charge in [-0.1, -0.05) is 6.42 Å². The number of hydrogen-bond donors (Lipinski definition) is 8. The van der Waals surface area contributed by atoms with Crippen LogP contribution in [0.15, 0.2) is 0 Å². The number of rotatable bonds is 18. The Balaban J connectivity index is -0.00000544. The third-order valence-electron chi connectivity index (χ3n) is 5.05.